The Balaban J connectivity index is 1.90. The van der Waals surface area contributed by atoms with Crippen LogP contribution in [0.5, 0.6) is 5.88 Å². The first-order chi connectivity index (χ1) is 11.7. The lowest BCUT2D eigenvalue weighted by Gasteiger charge is -2.17. The summed E-state index contributed by atoms with van der Waals surface area (Å²) >= 11 is 0. The molecule has 1 aromatic carbocycles. The summed E-state index contributed by atoms with van der Waals surface area (Å²) in [5.74, 6) is -0.949. The van der Waals surface area contributed by atoms with Crippen molar-refractivity contribution in [1.29, 1.82) is 0 Å². The molecule has 0 saturated heterocycles. The average Bonchev–Trinajstić information content (AvgIpc) is 2.52. The highest BCUT2D eigenvalue weighted by molar-refractivity contribution is 5.78. The molecule has 25 heavy (non-hydrogen) atoms. The number of carbonyl (C=O) groups excluding carboxylic acids is 1. The zero-order valence-electron chi connectivity index (χ0n) is 13.3. The van der Waals surface area contributed by atoms with E-state index in [-0.39, 0.29) is 24.8 Å². The summed E-state index contributed by atoms with van der Waals surface area (Å²) in [6.07, 6.45) is -5.18. The largest absolute Gasteiger partial charge is 0.465 e. The van der Waals surface area contributed by atoms with Crippen LogP contribution < -0.4 is 10.1 Å². The molecule has 0 bridgehead atoms. The van der Waals surface area contributed by atoms with Crippen molar-refractivity contribution >= 4 is 5.91 Å². The fourth-order valence-corrected chi connectivity index (χ4v) is 1.97. The van der Waals surface area contributed by atoms with Gasteiger partial charge in [0.15, 0.2) is 6.10 Å². The molecular formula is C17H16F4N2O2. The summed E-state index contributed by atoms with van der Waals surface area (Å²) in [5, 5.41) is 2.61. The molecule has 1 atom stereocenters. The number of hydrogen-bond donors (Lipinski definition) is 1. The predicted molar refractivity (Wildman–Crippen MR) is 82.3 cm³/mol. The van der Waals surface area contributed by atoms with E-state index in [4.69, 9.17) is 4.74 Å². The van der Waals surface area contributed by atoms with Gasteiger partial charge in [0, 0.05) is 18.8 Å². The number of carbonyl (C=O) groups is 1. The Hall–Kier alpha value is -2.64. The minimum Gasteiger partial charge on any atom is -0.465 e. The molecule has 1 unspecified atom stereocenters. The number of ether oxygens (including phenoxy) is 1. The van der Waals surface area contributed by atoms with Crippen molar-refractivity contribution in [3.05, 3.63) is 59.5 Å². The Morgan fingerprint density at radius 2 is 2.00 bits per heavy atom. The standard InChI is InChI=1S/C17H16F4N2O2/c1-11(17(19,20)21)25-16-9-13(5-6-22-16)10-23-15(24)8-12-3-2-4-14(18)7-12/h2-7,9,11H,8,10H2,1H3,(H,23,24). The van der Waals surface area contributed by atoms with E-state index in [1.54, 1.807) is 12.1 Å². The number of halogens is 4. The van der Waals surface area contributed by atoms with Crippen molar-refractivity contribution in [3.63, 3.8) is 0 Å². The van der Waals surface area contributed by atoms with Crippen LogP contribution in [0.2, 0.25) is 0 Å². The van der Waals surface area contributed by atoms with Crippen LogP contribution in [0.1, 0.15) is 18.1 Å². The van der Waals surface area contributed by atoms with Gasteiger partial charge in [-0.15, -0.1) is 0 Å². The zero-order valence-corrected chi connectivity index (χ0v) is 13.3. The van der Waals surface area contributed by atoms with Gasteiger partial charge < -0.3 is 10.1 Å². The van der Waals surface area contributed by atoms with Crippen LogP contribution >= 0.6 is 0 Å². The molecule has 2 rings (SSSR count). The Bertz CT molecular complexity index is 735. The molecule has 0 radical (unpaired) electrons. The molecule has 8 heteroatoms. The molecule has 0 aliphatic rings. The van der Waals surface area contributed by atoms with E-state index in [1.165, 1.54) is 30.5 Å². The molecule has 1 amide bonds. The summed E-state index contributed by atoms with van der Waals surface area (Å²) in [7, 11) is 0. The third-order valence-corrected chi connectivity index (χ3v) is 3.30. The van der Waals surface area contributed by atoms with E-state index in [0.717, 1.165) is 6.92 Å². The van der Waals surface area contributed by atoms with Gasteiger partial charge in [-0.25, -0.2) is 9.37 Å². The highest BCUT2D eigenvalue weighted by Crippen LogP contribution is 2.24. The lowest BCUT2D eigenvalue weighted by atomic mass is 10.1. The highest BCUT2D eigenvalue weighted by atomic mass is 19.4. The SMILES string of the molecule is CC(Oc1cc(CNC(=O)Cc2cccc(F)c2)ccn1)C(F)(F)F. The van der Waals surface area contributed by atoms with E-state index in [1.807, 2.05) is 0 Å². The summed E-state index contributed by atoms with van der Waals surface area (Å²) in [6.45, 7) is 0.975. The number of benzene rings is 1. The van der Waals surface area contributed by atoms with Gasteiger partial charge in [0.1, 0.15) is 5.82 Å². The van der Waals surface area contributed by atoms with Crippen molar-refractivity contribution in [3.8, 4) is 5.88 Å². The smallest absolute Gasteiger partial charge is 0.425 e. The highest BCUT2D eigenvalue weighted by Gasteiger charge is 2.38. The van der Waals surface area contributed by atoms with E-state index in [2.05, 4.69) is 10.3 Å². The van der Waals surface area contributed by atoms with Gasteiger partial charge in [-0.05, 0) is 36.2 Å². The quantitative estimate of drug-likeness (QED) is 0.807. The van der Waals surface area contributed by atoms with Gasteiger partial charge in [0.25, 0.3) is 0 Å². The van der Waals surface area contributed by atoms with E-state index in [9.17, 15) is 22.4 Å². The Morgan fingerprint density at radius 1 is 1.24 bits per heavy atom. The molecule has 1 N–H and O–H groups in total. The maximum atomic E-state index is 13.1. The number of aromatic nitrogens is 1. The number of nitrogens with zero attached hydrogens (tertiary/aromatic N) is 1. The number of alkyl halides is 3. The van der Waals surface area contributed by atoms with Gasteiger partial charge >= 0.3 is 6.18 Å². The van der Waals surface area contributed by atoms with Crippen molar-refractivity contribution in [2.45, 2.75) is 32.2 Å². The van der Waals surface area contributed by atoms with Gasteiger partial charge in [0.2, 0.25) is 11.8 Å². The lowest BCUT2D eigenvalue weighted by molar-refractivity contribution is -0.190. The summed E-state index contributed by atoms with van der Waals surface area (Å²) in [6, 6.07) is 8.54. The molecule has 0 fully saturated rings. The van der Waals surface area contributed by atoms with Gasteiger partial charge in [-0.2, -0.15) is 13.2 Å². The first-order valence-electron chi connectivity index (χ1n) is 7.43. The zero-order chi connectivity index (χ0) is 18.4. The van der Waals surface area contributed by atoms with E-state index < -0.39 is 18.1 Å². The van der Waals surface area contributed by atoms with Crippen LogP contribution in [0.15, 0.2) is 42.6 Å². The van der Waals surface area contributed by atoms with Crippen LogP contribution in [0, 0.1) is 5.82 Å². The summed E-state index contributed by atoms with van der Waals surface area (Å²) in [5.41, 5.74) is 1.06. The van der Waals surface area contributed by atoms with Crippen molar-refractivity contribution in [2.24, 2.45) is 0 Å². The average molecular weight is 356 g/mol. The maximum absolute atomic E-state index is 13.1. The van der Waals surface area contributed by atoms with Gasteiger partial charge in [-0.3, -0.25) is 4.79 Å². The van der Waals surface area contributed by atoms with Crippen molar-refractivity contribution in [2.75, 3.05) is 0 Å². The van der Waals surface area contributed by atoms with Crippen LogP contribution in [0.25, 0.3) is 0 Å². The van der Waals surface area contributed by atoms with Crippen LogP contribution in [0.3, 0.4) is 0 Å². The van der Waals surface area contributed by atoms with Gasteiger partial charge in [-0.1, -0.05) is 12.1 Å². The fraction of sp³-hybridized carbons (Fsp3) is 0.294. The Morgan fingerprint density at radius 3 is 2.68 bits per heavy atom. The van der Waals surface area contributed by atoms with Crippen molar-refractivity contribution < 1.29 is 27.1 Å². The predicted octanol–water partition coefficient (Wildman–Crippen LogP) is 3.41. The lowest BCUT2D eigenvalue weighted by Crippen LogP contribution is -2.31. The first kappa shape index (κ1) is 18.7. The number of hydrogen-bond acceptors (Lipinski definition) is 3. The molecule has 0 spiro atoms. The number of pyridine rings is 1. The van der Waals surface area contributed by atoms with Gasteiger partial charge in [0.05, 0.1) is 6.42 Å². The first-order valence-corrected chi connectivity index (χ1v) is 7.43. The molecule has 0 aliphatic carbocycles. The third kappa shape index (κ3) is 6.06. The van der Waals surface area contributed by atoms with E-state index in [0.29, 0.717) is 11.1 Å². The minimum atomic E-state index is -4.49. The normalized spacial score (nSPS) is 12.5. The topological polar surface area (TPSA) is 51.2 Å². The molecule has 1 heterocycles. The van der Waals surface area contributed by atoms with Crippen LogP contribution in [0.4, 0.5) is 17.6 Å². The number of rotatable bonds is 6. The molecule has 0 aliphatic heterocycles. The van der Waals surface area contributed by atoms with E-state index >= 15 is 0 Å². The monoisotopic (exact) mass is 356 g/mol. The molecule has 4 nitrogen and oxygen atoms in total. The number of amides is 1. The van der Waals surface area contributed by atoms with Crippen LogP contribution in [-0.2, 0) is 17.8 Å². The molecule has 1 aromatic heterocycles. The van der Waals surface area contributed by atoms with Crippen molar-refractivity contribution in [1.82, 2.24) is 10.3 Å². The molecule has 0 saturated carbocycles. The second-order valence-electron chi connectivity index (χ2n) is 5.39. The second kappa shape index (κ2) is 7.96. The third-order valence-electron chi connectivity index (χ3n) is 3.30. The molecule has 2 aromatic rings. The molecular weight excluding hydrogens is 340 g/mol. The summed E-state index contributed by atoms with van der Waals surface area (Å²) in [4.78, 5) is 15.6. The fourth-order valence-electron chi connectivity index (χ4n) is 1.97. The Labute approximate surface area is 141 Å². The summed E-state index contributed by atoms with van der Waals surface area (Å²) < 4.78 is 55.3. The Kier molecular flexibility index (Phi) is 5.95. The molecule has 134 valence electrons. The second-order valence-corrected chi connectivity index (χ2v) is 5.39. The minimum absolute atomic E-state index is 0.00267. The number of nitrogens with one attached hydrogen (secondary N) is 1. The van der Waals surface area contributed by atoms with Crippen LogP contribution in [-0.4, -0.2) is 23.2 Å². The maximum Gasteiger partial charge on any atom is 0.425 e.